The van der Waals surface area contributed by atoms with Gasteiger partial charge < -0.3 is 9.84 Å². The molecule has 0 amide bonds. The minimum Gasteiger partial charge on any atom is -0.386 e. The molecule has 0 bridgehead atoms. The zero-order valence-electron chi connectivity index (χ0n) is 8.31. The molecule has 1 aliphatic rings. The summed E-state index contributed by atoms with van der Waals surface area (Å²) in [7, 11) is 0. The summed E-state index contributed by atoms with van der Waals surface area (Å²) in [6.07, 6.45) is 3.14. The van der Waals surface area contributed by atoms with E-state index >= 15 is 0 Å². The van der Waals surface area contributed by atoms with Crippen LogP contribution in [0.1, 0.15) is 30.2 Å². The lowest BCUT2D eigenvalue weighted by atomic mass is 10.0. The number of aliphatic hydroxyl groups is 1. The summed E-state index contributed by atoms with van der Waals surface area (Å²) in [5.41, 5.74) is 1.82. The van der Waals surface area contributed by atoms with Crippen LogP contribution >= 0.6 is 0 Å². The lowest BCUT2D eigenvalue weighted by molar-refractivity contribution is -0.00275. The highest BCUT2D eigenvalue weighted by molar-refractivity contribution is 5.16. The van der Waals surface area contributed by atoms with Crippen LogP contribution in [0.4, 0.5) is 0 Å². The first-order valence-electron chi connectivity index (χ1n) is 4.99. The van der Waals surface area contributed by atoms with Crippen LogP contribution in [0.2, 0.25) is 0 Å². The Bertz CT molecular complexity index is 291. The molecule has 0 saturated carbocycles. The van der Waals surface area contributed by atoms with Gasteiger partial charge in [0, 0.05) is 24.1 Å². The summed E-state index contributed by atoms with van der Waals surface area (Å²) < 4.78 is 5.42. The zero-order chi connectivity index (χ0) is 9.97. The van der Waals surface area contributed by atoms with Crippen molar-refractivity contribution in [3.63, 3.8) is 0 Å². The Morgan fingerprint density at radius 3 is 3.00 bits per heavy atom. The maximum atomic E-state index is 9.95. The Morgan fingerprint density at radius 2 is 2.43 bits per heavy atom. The third-order valence-corrected chi connectivity index (χ3v) is 2.59. The van der Waals surface area contributed by atoms with Gasteiger partial charge in [-0.1, -0.05) is 6.07 Å². The van der Waals surface area contributed by atoms with Gasteiger partial charge in [0.05, 0.1) is 6.10 Å². The fourth-order valence-electron chi connectivity index (χ4n) is 1.72. The number of hydrogen-bond acceptors (Lipinski definition) is 3. The first kappa shape index (κ1) is 9.62. The second kappa shape index (κ2) is 4.07. The van der Waals surface area contributed by atoms with Gasteiger partial charge in [-0.25, -0.2) is 0 Å². The van der Waals surface area contributed by atoms with Crippen LogP contribution in [0.5, 0.6) is 0 Å². The van der Waals surface area contributed by atoms with Crippen LogP contribution in [-0.4, -0.2) is 22.8 Å². The average molecular weight is 193 g/mol. The molecule has 0 aromatic carbocycles. The standard InChI is InChI=1S/C11H15NO2/c1-8-4-5-9(7-12-8)11(13)10-3-2-6-14-10/h4-5,7,10-11,13H,2-3,6H2,1H3. The van der Waals surface area contributed by atoms with Crippen LogP contribution in [-0.2, 0) is 4.74 Å². The van der Waals surface area contributed by atoms with Gasteiger partial charge >= 0.3 is 0 Å². The molecule has 2 heterocycles. The molecule has 3 nitrogen and oxygen atoms in total. The predicted molar refractivity (Wildman–Crippen MR) is 52.9 cm³/mol. The molecule has 1 saturated heterocycles. The number of aliphatic hydroxyl groups excluding tert-OH is 1. The van der Waals surface area contributed by atoms with Crippen molar-refractivity contribution in [1.29, 1.82) is 0 Å². The summed E-state index contributed by atoms with van der Waals surface area (Å²) >= 11 is 0. The van der Waals surface area contributed by atoms with E-state index in [0.717, 1.165) is 30.7 Å². The highest BCUT2D eigenvalue weighted by atomic mass is 16.5. The first-order chi connectivity index (χ1) is 6.77. The van der Waals surface area contributed by atoms with Crippen molar-refractivity contribution in [1.82, 2.24) is 4.98 Å². The number of nitrogens with zero attached hydrogens (tertiary/aromatic N) is 1. The van der Waals surface area contributed by atoms with Crippen LogP contribution in [0.25, 0.3) is 0 Å². The van der Waals surface area contributed by atoms with Crippen molar-refractivity contribution >= 4 is 0 Å². The van der Waals surface area contributed by atoms with Gasteiger partial charge in [0.2, 0.25) is 0 Å². The Morgan fingerprint density at radius 1 is 1.57 bits per heavy atom. The smallest absolute Gasteiger partial charge is 0.107 e. The first-order valence-corrected chi connectivity index (χ1v) is 4.99. The minimum atomic E-state index is -0.523. The molecule has 2 atom stereocenters. The minimum absolute atomic E-state index is 0.0421. The second-order valence-corrected chi connectivity index (χ2v) is 3.73. The van der Waals surface area contributed by atoms with E-state index in [1.165, 1.54) is 0 Å². The van der Waals surface area contributed by atoms with E-state index in [1.807, 2.05) is 19.1 Å². The number of rotatable bonds is 2. The molecule has 3 heteroatoms. The van der Waals surface area contributed by atoms with E-state index in [-0.39, 0.29) is 6.10 Å². The molecule has 1 aromatic rings. The van der Waals surface area contributed by atoms with Crippen molar-refractivity contribution in [2.75, 3.05) is 6.61 Å². The van der Waals surface area contributed by atoms with Gasteiger partial charge in [-0.3, -0.25) is 4.98 Å². The van der Waals surface area contributed by atoms with E-state index in [9.17, 15) is 5.11 Å². The van der Waals surface area contributed by atoms with Crippen molar-refractivity contribution in [3.05, 3.63) is 29.6 Å². The molecule has 1 aromatic heterocycles. The molecule has 2 unspecified atom stereocenters. The van der Waals surface area contributed by atoms with Crippen molar-refractivity contribution in [2.45, 2.75) is 32.0 Å². The van der Waals surface area contributed by atoms with Crippen molar-refractivity contribution in [2.24, 2.45) is 0 Å². The SMILES string of the molecule is Cc1ccc(C(O)C2CCCO2)cn1. The summed E-state index contributed by atoms with van der Waals surface area (Å²) in [6.45, 7) is 2.70. The topological polar surface area (TPSA) is 42.4 Å². The monoisotopic (exact) mass is 193 g/mol. The van der Waals surface area contributed by atoms with E-state index < -0.39 is 6.10 Å². The fourth-order valence-corrected chi connectivity index (χ4v) is 1.72. The summed E-state index contributed by atoms with van der Waals surface area (Å²) in [6, 6.07) is 3.82. The number of hydrogen-bond donors (Lipinski definition) is 1. The predicted octanol–water partition coefficient (Wildman–Crippen LogP) is 1.60. The Hall–Kier alpha value is -0.930. The van der Waals surface area contributed by atoms with Gasteiger partial charge in [-0.05, 0) is 25.8 Å². The van der Waals surface area contributed by atoms with Gasteiger partial charge in [-0.15, -0.1) is 0 Å². The van der Waals surface area contributed by atoms with Gasteiger partial charge in [0.15, 0.2) is 0 Å². The summed E-state index contributed by atoms with van der Waals surface area (Å²) in [5, 5.41) is 9.95. The maximum Gasteiger partial charge on any atom is 0.107 e. The van der Waals surface area contributed by atoms with E-state index in [1.54, 1.807) is 6.20 Å². The Labute approximate surface area is 83.7 Å². The molecule has 0 radical (unpaired) electrons. The lowest BCUT2D eigenvalue weighted by Gasteiger charge is -2.17. The van der Waals surface area contributed by atoms with E-state index in [0.29, 0.717) is 0 Å². The fraction of sp³-hybridized carbons (Fsp3) is 0.545. The highest BCUT2D eigenvalue weighted by Gasteiger charge is 2.25. The second-order valence-electron chi connectivity index (χ2n) is 3.73. The van der Waals surface area contributed by atoms with E-state index in [4.69, 9.17) is 4.74 Å². The van der Waals surface area contributed by atoms with Gasteiger partial charge in [0.25, 0.3) is 0 Å². The zero-order valence-corrected chi connectivity index (χ0v) is 8.31. The summed E-state index contributed by atoms with van der Waals surface area (Å²) in [5.74, 6) is 0. The number of ether oxygens (including phenoxy) is 1. The van der Waals surface area contributed by atoms with Crippen molar-refractivity contribution < 1.29 is 9.84 Å². The molecular formula is C11H15NO2. The van der Waals surface area contributed by atoms with Crippen molar-refractivity contribution in [3.8, 4) is 0 Å². The van der Waals surface area contributed by atoms with Crippen LogP contribution < -0.4 is 0 Å². The normalized spacial score (nSPS) is 23.7. The van der Waals surface area contributed by atoms with Gasteiger partial charge in [-0.2, -0.15) is 0 Å². The molecule has 14 heavy (non-hydrogen) atoms. The molecule has 1 fully saturated rings. The summed E-state index contributed by atoms with van der Waals surface area (Å²) in [4.78, 5) is 4.16. The Kier molecular flexibility index (Phi) is 2.79. The Balaban J connectivity index is 2.09. The quantitative estimate of drug-likeness (QED) is 0.775. The van der Waals surface area contributed by atoms with Gasteiger partial charge in [0.1, 0.15) is 6.10 Å². The highest BCUT2D eigenvalue weighted by Crippen LogP contribution is 2.26. The lowest BCUT2D eigenvalue weighted by Crippen LogP contribution is -2.17. The van der Waals surface area contributed by atoms with Crippen LogP contribution in [0.15, 0.2) is 18.3 Å². The maximum absolute atomic E-state index is 9.95. The third kappa shape index (κ3) is 1.94. The molecule has 0 aliphatic carbocycles. The largest absolute Gasteiger partial charge is 0.386 e. The van der Waals surface area contributed by atoms with E-state index in [2.05, 4.69) is 4.98 Å². The molecule has 76 valence electrons. The van der Waals surface area contributed by atoms with Crippen LogP contribution in [0, 0.1) is 6.92 Å². The molecular weight excluding hydrogens is 178 g/mol. The molecule has 0 spiro atoms. The number of aryl methyl sites for hydroxylation is 1. The van der Waals surface area contributed by atoms with Crippen LogP contribution in [0.3, 0.4) is 0 Å². The third-order valence-electron chi connectivity index (χ3n) is 2.59. The number of pyridine rings is 1. The molecule has 1 N–H and O–H groups in total. The average Bonchev–Trinajstić information content (AvgIpc) is 2.71. The molecule has 2 rings (SSSR count). The molecule has 1 aliphatic heterocycles. The number of aromatic nitrogens is 1.